The Hall–Kier alpha value is -3.47. The summed E-state index contributed by atoms with van der Waals surface area (Å²) < 4.78 is 1.93. The van der Waals surface area contributed by atoms with Crippen molar-refractivity contribution in [2.75, 3.05) is 0 Å². The highest BCUT2D eigenvalue weighted by Crippen LogP contribution is 2.25. The van der Waals surface area contributed by atoms with Crippen LogP contribution in [0.3, 0.4) is 0 Å². The third-order valence-corrected chi connectivity index (χ3v) is 4.35. The summed E-state index contributed by atoms with van der Waals surface area (Å²) in [6, 6.07) is 19.3. The van der Waals surface area contributed by atoms with E-state index in [1.165, 1.54) is 0 Å². The van der Waals surface area contributed by atoms with E-state index in [9.17, 15) is 4.79 Å². The maximum atomic E-state index is 13.0. The molecule has 0 bridgehead atoms. The summed E-state index contributed by atoms with van der Waals surface area (Å²) in [4.78, 5) is 21.6. The normalized spacial score (nSPS) is 12.0. The molecule has 1 atom stereocenters. The van der Waals surface area contributed by atoms with E-state index in [4.69, 9.17) is 0 Å². The van der Waals surface area contributed by atoms with Crippen molar-refractivity contribution in [3.05, 3.63) is 90.5 Å². The molecule has 1 aromatic carbocycles. The number of fused-ring (bicyclic) bond motifs is 1. The molecule has 0 saturated carbocycles. The molecule has 4 rings (SSSR count). The Morgan fingerprint density at radius 3 is 2.50 bits per heavy atom. The predicted molar refractivity (Wildman–Crippen MR) is 101 cm³/mol. The molecular weight excluding hydrogens is 324 g/mol. The van der Waals surface area contributed by atoms with E-state index in [1.807, 2.05) is 78.2 Å². The topological polar surface area (TPSA) is 59.3 Å². The Bertz CT molecular complexity index is 1040. The number of imidazole rings is 1. The van der Waals surface area contributed by atoms with E-state index >= 15 is 0 Å². The van der Waals surface area contributed by atoms with Gasteiger partial charge in [-0.25, -0.2) is 4.98 Å². The lowest BCUT2D eigenvalue weighted by molar-refractivity contribution is 0.0936. The van der Waals surface area contributed by atoms with Crippen LogP contribution in [0.15, 0.2) is 79.3 Å². The zero-order valence-electron chi connectivity index (χ0n) is 14.3. The van der Waals surface area contributed by atoms with Gasteiger partial charge in [0.05, 0.1) is 11.7 Å². The van der Waals surface area contributed by atoms with Crippen LogP contribution < -0.4 is 5.32 Å². The van der Waals surface area contributed by atoms with Crippen LogP contribution in [-0.4, -0.2) is 20.3 Å². The van der Waals surface area contributed by atoms with Gasteiger partial charge in [-0.2, -0.15) is 0 Å². The SMILES string of the molecule is C[C@H](NC(=O)c1nc2ccccn2c1-c1ccncc1)c1ccccc1. The summed E-state index contributed by atoms with van der Waals surface area (Å²) in [7, 11) is 0. The Morgan fingerprint density at radius 1 is 1.00 bits per heavy atom. The molecule has 128 valence electrons. The molecule has 1 amide bonds. The van der Waals surface area contributed by atoms with Crippen molar-refractivity contribution in [2.24, 2.45) is 0 Å². The number of aromatic nitrogens is 3. The van der Waals surface area contributed by atoms with Gasteiger partial charge in [-0.05, 0) is 36.8 Å². The van der Waals surface area contributed by atoms with E-state index in [0.717, 1.165) is 22.5 Å². The van der Waals surface area contributed by atoms with Gasteiger partial charge in [0, 0.05) is 24.2 Å². The van der Waals surface area contributed by atoms with Crippen LogP contribution in [0.5, 0.6) is 0 Å². The second-order valence-electron chi connectivity index (χ2n) is 6.08. The predicted octanol–water partition coefficient (Wildman–Crippen LogP) is 3.89. The molecule has 0 spiro atoms. The van der Waals surface area contributed by atoms with Gasteiger partial charge in [0.1, 0.15) is 5.65 Å². The van der Waals surface area contributed by atoms with Crippen molar-refractivity contribution in [3.8, 4) is 11.3 Å². The van der Waals surface area contributed by atoms with Gasteiger partial charge in [-0.1, -0.05) is 36.4 Å². The average molecular weight is 342 g/mol. The van der Waals surface area contributed by atoms with Gasteiger partial charge in [-0.3, -0.25) is 14.2 Å². The van der Waals surface area contributed by atoms with E-state index in [-0.39, 0.29) is 11.9 Å². The molecule has 0 fully saturated rings. The molecule has 0 radical (unpaired) electrons. The molecule has 0 saturated heterocycles. The first kappa shape index (κ1) is 16.0. The lowest BCUT2D eigenvalue weighted by Gasteiger charge is -2.14. The van der Waals surface area contributed by atoms with Gasteiger partial charge in [0.25, 0.3) is 5.91 Å². The van der Waals surface area contributed by atoms with Crippen LogP contribution in [0, 0.1) is 0 Å². The average Bonchev–Trinajstić information content (AvgIpc) is 3.09. The molecular formula is C21H18N4O. The summed E-state index contributed by atoms with van der Waals surface area (Å²) in [5.74, 6) is -0.197. The lowest BCUT2D eigenvalue weighted by Crippen LogP contribution is -2.27. The van der Waals surface area contributed by atoms with E-state index < -0.39 is 0 Å². The minimum absolute atomic E-state index is 0.112. The van der Waals surface area contributed by atoms with Crippen molar-refractivity contribution in [1.82, 2.24) is 19.7 Å². The number of rotatable bonds is 4. The summed E-state index contributed by atoms with van der Waals surface area (Å²) in [6.45, 7) is 1.97. The standard InChI is InChI=1S/C21H18N4O/c1-15(16-7-3-2-4-8-16)23-21(26)19-20(17-10-12-22-13-11-17)25-14-6-5-9-18(25)24-19/h2-15H,1H3,(H,23,26)/t15-/m0/s1. The number of nitrogens with zero attached hydrogens (tertiary/aromatic N) is 3. The highest BCUT2D eigenvalue weighted by atomic mass is 16.2. The van der Waals surface area contributed by atoms with Crippen LogP contribution in [-0.2, 0) is 0 Å². The molecule has 0 aliphatic heterocycles. The minimum Gasteiger partial charge on any atom is -0.344 e. The number of benzene rings is 1. The van der Waals surface area contributed by atoms with Crippen molar-refractivity contribution >= 4 is 11.6 Å². The van der Waals surface area contributed by atoms with Gasteiger partial charge in [0.2, 0.25) is 0 Å². The Labute approximate surface area is 151 Å². The zero-order chi connectivity index (χ0) is 17.9. The number of pyridine rings is 2. The van der Waals surface area contributed by atoms with Gasteiger partial charge < -0.3 is 5.32 Å². The maximum Gasteiger partial charge on any atom is 0.272 e. The monoisotopic (exact) mass is 342 g/mol. The van der Waals surface area contributed by atoms with Crippen LogP contribution >= 0.6 is 0 Å². The fourth-order valence-corrected chi connectivity index (χ4v) is 3.03. The number of hydrogen-bond donors (Lipinski definition) is 1. The molecule has 26 heavy (non-hydrogen) atoms. The van der Waals surface area contributed by atoms with Crippen molar-refractivity contribution in [3.63, 3.8) is 0 Å². The van der Waals surface area contributed by atoms with Crippen molar-refractivity contribution in [1.29, 1.82) is 0 Å². The fraction of sp³-hybridized carbons (Fsp3) is 0.0952. The highest BCUT2D eigenvalue weighted by Gasteiger charge is 2.21. The Balaban J connectivity index is 1.75. The van der Waals surface area contributed by atoms with Gasteiger partial charge >= 0.3 is 0 Å². The Kier molecular flexibility index (Phi) is 4.19. The second-order valence-corrected chi connectivity index (χ2v) is 6.08. The minimum atomic E-state index is -0.197. The highest BCUT2D eigenvalue weighted by molar-refractivity contribution is 5.99. The van der Waals surface area contributed by atoms with Gasteiger partial charge in [-0.15, -0.1) is 0 Å². The molecule has 5 heteroatoms. The molecule has 3 aromatic heterocycles. The number of hydrogen-bond acceptors (Lipinski definition) is 3. The largest absolute Gasteiger partial charge is 0.344 e. The summed E-state index contributed by atoms with van der Waals surface area (Å²) >= 11 is 0. The van der Waals surface area contributed by atoms with E-state index in [2.05, 4.69) is 15.3 Å². The summed E-state index contributed by atoms with van der Waals surface area (Å²) in [6.07, 6.45) is 5.34. The fourth-order valence-electron chi connectivity index (χ4n) is 3.03. The van der Waals surface area contributed by atoms with Crippen LogP contribution in [0.2, 0.25) is 0 Å². The number of carbonyl (C=O) groups is 1. The molecule has 0 aliphatic rings. The quantitative estimate of drug-likeness (QED) is 0.612. The molecule has 3 heterocycles. The number of nitrogens with one attached hydrogen (secondary N) is 1. The van der Waals surface area contributed by atoms with Crippen LogP contribution in [0.4, 0.5) is 0 Å². The Morgan fingerprint density at radius 2 is 1.73 bits per heavy atom. The third-order valence-electron chi connectivity index (χ3n) is 4.35. The first-order chi connectivity index (χ1) is 12.7. The van der Waals surface area contributed by atoms with Gasteiger partial charge in [0.15, 0.2) is 5.69 Å². The molecule has 0 unspecified atom stereocenters. The molecule has 0 aliphatic carbocycles. The van der Waals surface area contributed by atoms with E-state index in [1.54, 1.807) is 12.4 Å². The summed E-state index contributed by atoms with van der Waals surface area (Å²) in [5.41, 5.74) is 3.86. The maximum absolute atomic E-state index is 13.0. The third kappa shape index (κ3) is 2.95. The smallest absolute Gasteiger partial charge is 0.272 e. The first-order valence-electron chi connectivity index (χ1n) is 8.47. The molecule has 1 N–H and O–H groups in total. The molecule has 4 aromatic rings. The second kappa shape index (κ2) is 6.80. The van der Waals surface area contributed by atoms with E-state index in [0.29, 0.717) is 5.69 Å². The van der Waals surface area contributed by atoms with Crippen molar-refractivity contribution < 1.29 is 4.79 Å². The van der Waals surface area contributed by atoms with Crippen LogP contribution in [0.25, 0.3) is 16.9 Å². The lowest BCUT2D eigenvalue weighted by atomic mass is 10.1. The number of carbonyl (C=O) groups excluding carboxylic acids is 1. The zero-order valence-corrected chi connectivity index (χ0v) is 14.3. The summed E-state index contributed by atoms with van der Waals surface area (Å²) in [5, 5.41) is 3.05. The van der Waals surface area contributed by atoms with Crippen LogP contribution in [0.1, 0.15) is 29.0 Å². The number of amides is 1. The van der Waals surface area contributed by atoms with Crippen molar-refractivity contribution in [2.45, 2.75) is 13.0 Å². The first-order valence-corrected chi connectivity index (χ1v) is 8.47. The molecule has 5 nitrogen and oxygen atoms in total.